The second kappa shape index (κ2) is 9.27. The number of phenolic OH excluding ortho intramolecular Hbond substituents is 1. The van der Waals surface area contributed by atoms with E-state index in [-0.39, 0.29) is 17.4 Å². The van der Waals surface area contributed by atoms with Crippen molar-refractivity contribution in [3.63, 3.8) is 0 Å². The second-order valence-electron chi connectivity index (χ2n) is 5.69. The van der Waals surface area contributed by atoms with E-state index >= 15 is 0 Å². The van der Waals surface area contributed by atoms with E-state index in [1.54, 1.807) is 47.0 Å². The van der Waals surface area contributed by atoms with Crippen LogP contribution < -0.4 is 5.32 Å². The van der Waals surface area contributed by atoms with Crippen LogP contribution in [-0.2, 0) is 11.3 Å². The number of hydrogen-bond acceptors (Lipinski definition) is 5. The van der Waals surface area contributed by atoms with Crippen LogP contribution >= 0.6 is 39.3 Å². The summed E-state index contributed by atoms with van der Waals surface area (Å²) in [6.45, 7) is 4.20. The van der Waals surface area contributed by atoms with E-state index in [9.17, 15) is 9.90 Å². The molecule has 144 valence electrons. The fraction of sp³-hybridized carbons (Fsp3) is 0.105. The first-order valence-corrected chi connectivity index (χ1v) is 10.4. The van der Waals surface area contributed by atoms with Crippen molar-refractivity contribution in [1.29, 1.82) is 0 Å². The van der Waals surface area contributed by atoms with E-state index in [2.05, 4.69) is 38.0 Å². The number of phenols is 1. The molecule has 9 heteroatoms. The summed E-state index contributed by atoms with van der Waals surface area (Å²) >= 11 is 10.6. The Hall–Kier alpha value is -2.29. The van der Waals surface area contributed by atoms with Crippen LogP contribution in [0.3, 0.4) is 0 Å². The molecule has 2 aromatic carbocycles. The van der Waals surface area contributed by atoms with Crippen LogP contribution in [-0.4, -0.2) is 31.5 Å². The van der Waals surface area contributed by atoms with Crippen LogP contribution in [0, 0.1) is 0 Å². The lowest BCUT2D eigenvalue weighted by atomic mass is 10.2. The zero-order valence-corrected chi connectivity index (χ0v) is 17.8. The highest BCUT2D eigenvalue weighted by Crippen LogP contribution is 2.30. The molecule has 0 saturated carbocycles. The Bertz CT molecular complexity index is 1020. The average molecular weight is 480 g/mol. The lowest BCUT2D eigenvalue weighted by molar-refractivity contribution is -0.113. The van der Waals surface area contributed by atoms with Gasteiger partial charge in [-0.2, -0.15) is 0 Å². The monoisotopic (exact) mass is 478 g/mol. The molecule has 3 rings (SSSR count). The molecule has 0 saturated heterocycles. The molecule has 2 N–H and O–H groups in total. The SMILES string of the molecule is C=CCn1c(SCC(=O)Nc2ccc(Br)c(Cl)c2)nnc1-c1ccccc1O. The third-order valence-electron chi connectivity index (χ3n) is 3.71. The van der Waals surface area contributed by atoms with Crippen molar-refractivity contribution in [2.24, 2.45) is 0 Å². The number of anilines is 1. The third-order valence-corrected chi connectivity index (χ3v) is 5.91. The van der Waals surface area contributed by atoms with Crippen LogP contribution in [0.25, 0.3) is 11.4 Å². The number of aromatic nitrogens is 3. The van der Waals surface area contributed by atoms with E-state index < -0.39 is 0 Å². The van der Waals surface area contributed by atoms with Gasteiger partial charge in [0, 0.05) is 16.7 Å². The molecule has 0 aliphatic carbocycles. The molecule has 1 amide bonds. The fourth-order valence-corrected chi connectivity index (χ4v) is 3.63. The van der Waals surface area contributed by atoms with Crippen LogP contribution in [0.4, 0.5) is 5.69 Å². The Balaban J connectivity index is 1.73. The van der Waals surface area contributed by atoms with Gasteiger partial charge in [0.05, 0.1) is 16.3 Å². The van der Waals surface area contributed by atoms with Gasteiger partial charge in [0.2, 0.25) is 5.91 Å². The number of aromatic hydroxyl groups is 1. The van der Waals surface area contributed by atoms with Crippen LogP contribution in [0.1, 0.15) is 0 Å². The molecule has 28 heavy (non-hydrogen) atoms. The van der Waals surface area contributed by atoms with E-state index in [0.717, 1.165) is 4.47 Å². The van der Waals surface area contributed by atoms with Crippen LogP contribution in [0.2, 0.25) is 5.02 Å². The smallest absolute Gasteiger partial charge is 0.234 e. The molecule has 1 heterocycles. The zero-order chi connectivity index (χ0) is 20.1. The number of hydrogen-bond donors (Lipinski definition) is 2. The van der Waals surface area contributed by atoms with Gasteiger partial charge in [-0.1, -0.05) is 41.6 Å². The third kappa shape index (κ3) is 4.76. The quantitative estimate of drug-likeness (QED) is 0.369. The Morgan fingerprint density at radius 1 is 1.32 bits per heavy atom. The molecule has 1 aromatic heterocycles. The zero-order valence-electron chi connectivity index (χ0n) is 14.6. The Labute approximate surface area is 179 Å². The summed E-state index contributed by atoms with van der Waals surface area (Å²) in [5, 5.41) is 22.3. The van der Waals surface area contributed by atoms with Crippen molar-refractivity contribution in [2.45, 2.75) is 11.7 Å². The number of para-hydroxylation sites is 1. The Morgan fingerprint density at radius 3 is 2.82 bits per heavy atom. The van der Waals surface area contributed by atoms with E-state index in [1.807, 2.05) is 6.07 Å². The summed E-state index contributed by atoms with van der Waals surface area (Å²) in [6.07, 6.45) is 1.71. The van der Waals surface area contributed by atoms with Crippen molar-refractivity contribution >= 4 is 50.9 Å². The first-order valence-electron chi connectivity index (χ1n) is 8.19. The van der Waals surface area contributed by atoms with E-state index in [1.165, 1.54) is 11.8 Å². The lowest BCUT2D eigenvalue weighted by Crippen LogP contribution is -2.14. The van der Waals surface area contributed by atoms with Gasteiger partial charge in [0.1, 0.15) is 5.75 Å². The minimum Gasteiger partial charge on any atom is -0.507 e. The van der Waals surface area contributed by atoms with Crippen LogP contribution in [0.15, 0.2) is 64.7 Å². The number of amides is 1. The Morgan fingerprint density at radius 2 is 2.11 bits per heavy atom. The van der Waals surface area contributed by atoms with Gasteiger partial charge < -0.3 is 10.4 Å². The second-order valence-corrected chi connectivity index (χ2v) is 7.89. The van der Waals surface area contributed by atoms with Gasteiger partial charge in [-0.25, -0.2) is 0 Å². The van der Waals surface area contributed by atoms with Gasteiger partial charge in [-0.15, -0.1) is 16.8 Å². The molecule has 0 fully saturated rings. The highest BCUT2D eigenvalue weighted by molar-refractivity contribution is 9.10. The standard InChI is InChI=1S/C19H16BrClN4O2S/c1-2-9-25-18(13-5-3-4-6-16(13)26)23-24-19(25)28-11-17(27)22-12-7-8-14(20)15(21)10-12/h2-8,10,26H,1,9,11H2,(H,22,27). The highest BCUT2D eigenvalue weighted by atomic mass is 79.9. The number of halogens is 2. The maximum absolute atomic E-state index is 12.3. The first-order chi connectivity index (χ1) is 13.5. The maximum atomic E-state index is 12.3. The van der Waals surface area contributed by atoms with Crippen molar-refractivity contribution in [3.8, 4) is 17.1 Å². The fourth-order valence-electron chi connectivity index (χ4n) is 2.45. The predicted molar refractivity (Wildman–Crippen MR) is 116 cm³/mol. The molecule has 0 unspecified atom stereocenters. The number of allylic oxidation sites excluding steroid dienone is 1. The van der Waals surface area contributed by atoms with E-state index in [4.69, 9.17) is 11.6 Å². The van der Waals surface area contributed by atoms with Gasteiger partial charge in [-0.3, -0.25) is 9.36 Å². The summed E-state index contributed by atoms with van der Waals surface area (Å²) in [5.41, 5.74) is 1.18. The van der Waals surface area contributed by atoms with Crippen molar-refractivity contribution in [1.82, 2.24) is 14.8 Å². The Kier molecular flexibility index (Phi) is 6.77. The molecule has 0 atom stereocenters. The summed E-state index contributed by atoms with van der Waals surface area (Å²) in [4.78, 5) is 12.3. The lowest BCUT2D eigenvalue weighted by Gasteiger charge is -2.09. The average Bonchev–Trinajstić information content (AvgIpc) is 3.06. The summed E-state index contributed by atoms with van der Waals surface area (Å²) in [6, 6.07) is 12.1. The molecule has 0 spiro atoms. The number of benzene rings is 2. The van der Waals surface area contributed by atoms with Crippen LogP contribution in [0.5, 0.6) is 5.75 Å². The molecule has 0 bridgehead atoms. The molecular formula is C19H16BrClN4O2S. The summed E-state index contributed by atoms with van der Waals surface area (Å²) < 4.78 is 2.56. The number of nitrogens with zero attached hydrogens (tertiary/aromatic N) is 3. The molecule has 0 aliphatic heterocycles. The maximum Gasteiger partial charge on any atom is 0.234 e. The first kappa shape index (κ1) is 20.4. The minimum absolute atomic E-state index is 0.113. The largest absolute Gasteiger partial charge is 0.507 e. The number of rotatable bonds is 7. The topological polar surface area (TPSA) is 80.0 Å². The molecule has 0 aliphatic rings. The van der Waals surface area contributed by atoms with E-state index in [0.29, 0.717) is 33.8 Å². The van der Waals surface area contributed by atoms with Gasteiger partial charge in [0.15, 0.2) is 11.0 Å². The number of thioether (sulfide) groups is 1. The van der Waals surface area contributed by atoms with Gasteiger partial charge in [-0.05, 0) is 46.3 Å². The predicted octanol–water partition coefficient (Wildman–Crippen LogP) is 4.98. The molecular weight excluding hydrogens is 464 g/mol. The van der Waals surface area contributed by atoms with Crippen molar-refractivity contribution in [2.75, 3.05) is 11.1 Å². The normalized spacial score (nSPS) is 10.6. The number of carbonyl (C=O) groups is 1. The van der Waals surface area contributed by atoms with Crippen molar-refractivity contribution in [3.05, 3.63) is 64.6 Å². The molecule has 6 nitrogen and oxygen atoms in total. The highest BCUT2D eigenvalue weighted by Gasteiger charge is 2.17. The van der Waals surface area contributed by atoms with Gasteiger partial charge in [0.25, 0.3) is 0 Å². The van der Waals surface area contributed by atoms with Crippen molar-refractivity contribution < 1.29 is 9.90 Å². The number of nitrogens with one attached hydrogen (secondary N) is 1. The number of carbonyl (C=O) groups excluding carboxylic acids is 1. The minimum atomic E-state index is -0.194. The van der Waals surface area contributed by atoms with Gasteiger partial charge >= 0.3 is 0 Å². The summed E-state index contributed by atoms with van der Waals surface area (Å²) in [5.74, 6) is 0.576. The molecule has 0 radical (unpaired) electrons. The molecule has 3 aromatic rings. The summed E-state index contributed by atoms with van der Waals surface area (Å²) in [7, 11) is 0.